The molecule has 18 N–H and O–H groups in total. The molecule has 0 aromatic heterocycles. The summed E-state index contributed by atoms with van der Waals surface area (Å²) in [4.78, 5) is 241. The number of nitrogens with one attached hydrogen (secondary N) is 18. The van der Waals surface area contributed by atoms with E-state index in [0.29, 0.717) is 56.8 Å². The molecule has 0 radical (unpaired) electrons. The van der Waals surface area contributed by atoms with E-state index < -0.39 is 211 Å². The van der Waals surface area contributed by atoms with Crippen LogP contribution in [0.4, 0.5) is 10.5 Å². The summed E-state index contributed by atoms with van der Waals surface area (Å²) in [6.45, 7) is 41.1. The molecule has 123 heavy (non-hydrogen) atoms. The van der Waals surface area contributed by atoms with Crippen molar-refractivity contribution in [3.8, 4) is 11.5 Å². The highest BCUT2D eigenvalue weighted by molar-refractivity contribution is 6.04. The Kier molecular flexibility index (Phi) is 40.3. The van der Waals surface area contributed by atoms with Gasteiger partial charge in [-0.1, -0.05) is 0 Å². The lowest BCUT2D eigenvalue weighted by Gasteiger charge is -2.32. The molecule has 1 aromatic carbocycles. The molecule has 1 aliphatic heterocycles. The molecule has 0 saturated heterocycles. The minimum Gasteiger partial charge on any atom is -0.487 e. The van der Waals surface area contributed by atoms with Crippen LogP contribution in [0, 0.1) is 0 Å². The molecule has 0 bridgehead atoms. The minimum absolute atomic E-state index is 0.145. The van der Waals surface area contributed by atoms with E-state index in [-0.39, 0.29) is 26.4 Å². The van der Waals surface area contributed by atoms with E-state index in [1.165, 1.54) is 173 Å². The van der Waals surface area contributed by atoms with E-state index >= 15 is 0 Å². The second-order valence-corrected chi connectivity index (χ2v) is 35.1. The van der Waals surface area contributed by atoms with Crippen molar-refractivity contribution >= 4 is 112 Å². The standard InChI is InChI=1S/C80H134N18O25/c1-42(54(99)90-51-29-30-52-53(41-51)122-40-38-120-36-34-118-32-31-117-33-35-119-37-39-121-52)81-63(108)73(13,14)91-55(100)43(2)82-64(109)74(15,16)92-56(101)44(3)83-65(110)75(17,18)93-57(102)45(4)84-66(111)76(19,20)94-58(103)46(5)85-67(112)77(21,22)95-59(104)47(6)86-68(113)78(23,24)96-60(105)48(7)87-69(114)79(25,26)97-61(106)49(8)88-70(115)80(27,28)98-62(107)50(9)89-71(116)123-72(10,11)12/h29-30,41-50H,31-40H2,1-28H3,(H,81,108)(H,82,109)(H,83,110)(H,84,111)(H,85,112)(H,86,113)(H,87,114)(H,88,115)(H,89,116)(H,90,99)(H,91,100)(H,92,101)(H,93,102)(H,94,103)(H,95,104)(H,96,105)(H,97,106)(H,98,107). The second kappa shape index (κ2) is 45.9. The van der Waals surface area contributed by atoms with Gasteiger partial charge in [0.15, 0.2) is 11.5 Å². The van der Waals surface area contributed by atoms with Crippen LogP contribution in [0.5, 0.6) is 11.5 Å². The summed E-state index contributed by atoms with van der Waals surface area (Å²) < 4.78 is 39.1. The Hall–Kier alpha value is -11.1. The molecule has 1 aliphatic rings. The molecule has 9 atom stereocenters. The minimum atomic E-state index is -1.77. The Morgan fingerprint density at radius 3 is 0.634 bits per heavy atom. The Morgan fingerprint density at radius 2 is 0.431 bits per heavy atom. The Morgan fingerprint density at radius 1 is 0.252 bits per heavy atom. The average molecular weight is 1750 g/mol. The van der Waals surface area contributed by atoms with Gasteiger partial charge >= 0.3 is 6.09 Å². The first-order chi connectivity index (χ1) is 56.2. The fraction of sp³-hybridized carbons (Fsp3) is 0.700. The summed E-state index contributed by atoms with van der Waals surface area (Å²) in [5.41, 5.74) is -14.2. The fourth-order valence-electron chi connectivity index (χ4n) is 10.1. The predicted molar refractivity (Wildman–Crippen MR) is 447 cm³/mol. The summed E-state index contributed by atoms with van der Waals surface area (Å²) >= 11 is 0. The average Bonchev–Trinajstić information content (AvgIpc) is 0.896. The molecule has 9 unspecified atom stereocenters. The zero-order valence-corrected chi connectivity index (χ0v) is 76.2. The lowest BCUT2D eigenvalue weighted by molar-refractivity contribution is -0.139. The molecule has 0 aliphatic carbocycles. The molecular formula is C80H134N18O25. The topological polar surface area (TPSA) is 588 Å². The molecule has 2 rings (SSSR count). The summed E-state index contributed by atoms with van der Waals surface area (Å²) in [6.07, 6.45) is -0.860. The van der Waals surface area contributed by atoms with Crippen LogP contribution in [-0.4, -0.2) is 277 Å². The van der Waals surface area contributed by atoms with Gasteiger partial charge in [-0.2, -0.15) is 0 Å². The molecule has 0 spiro atoms. The van der Waals surface area contributed by atoms with Gasteiger partial charge in [-0.3, -0.25) is 81.5 Å². The van der Waals surface area contributed by atoms with E-state index in [2.05, 4.69) is 95.7 Å². The summed E-state index contributed by atoms with van der Waals surface area (Å²) in [5.74, 6) is -13.5. The van der Waals surface area contributed by atoms with Crippen LogP contribution >= 0.6 is 0 Å². The quantitative estimate of drug-likeness (QED) is 0.0336. The highest BCUT2D eigenvalue weighted by Crippen LogP contribution is 2.31. The Labute approximate surface area is 718 Å². The van der Waals surface area contributed by atoms with Gasteiger partial charge in [-0.25, -0.2) is 4.79 Å². The van der Waals surface area contributed by atoms with Crippen molar-refractivity contribution in [1.82, 2.24) is 90.4 Å². The Bertz CT molecular complexity index is 3990. The third-order valence-electron chi connectivity index (χ3n) is 18.4. The molecule has 694 valence electrons. The molecule has 18 amide bonds. The van der Waals surface area contributed by atoms with Gasteiger partial charge in [0.25, 0.3) is 0 Å². The van der Waals surface area contributed by atoms with Crippen LogP contribution in [0.15, 0.2) is 18.2 Å². The van der Waals surface area contributed by atoms with E-state index in [1.54, 1.807) is 39.0 Å². The predicted octanol–water partition coefficient (Wildman–Crippen LogP) is -2.43. The van der Waals surface area contributed by atoms with Crippen molar-refractivity contribution in [2.45, 2.75) is 298 Å². The van der Waals surface area contributed by atoms with E-state index in [1.807, 2.05) is 0 Å². The largest absolute Gasteiger partial charge is 0.487 e. The van der Waals surface area contributed by atoms with E-state index in [9.17, 15) is 86.3 Å². The second-order valence-electron chi connectivity index (χ2n) is 35.1. The van der Waals surface area contributed by atoms with Crippen molar-refractivity contribution in [3.63, 3.8) is 0 Å². The van der Waals surface area contributed by atoms with E-state index in [4.69, 9.17) is 33.2 Å². The maximum Gasteiger partial charge on any atom is 0.408 e. The molecule has 0 fully saturated rings. The number of anilines is 1. The smallest absolute Gasteiger partial charge is 0.408 e. The maximum absolute atomic E-state index is 13.6. The molecule has 0 saturated carbocycles. The number of hydrogen-bond donors (Lipinski definition) is 18. The Balaban J connectivity index is 1.91. The number of fused-ring (bicyclic) bond motifs is 1. The van der Waals surface area contributed by atoms with Crippen molar-refractivity contribution in [2.24, 2.45) is 0 Å². The van der Waals surface area contributed by atoms with Gasteiger partial charge < -0.3 is 129 Å². The number of alkyl carbamates (subject to hydrolysis) is 1. The SMILES string of the molecule is CC(NC(=O)OC(C)(C)C)C(=O)NC(C)(C)C(=O)NC(C)C(=O)NC(C)(C)C(=O)NC(C)C(=O)NC(C)(C)C(=O)NC(C)C(=O)NC(C)(C)C(=O)NC(C)C(=O)NC(C)(C)C(=O)NC(C)C(=O)NC(C)(C)C(=O)NC(C)C(=O)NC(C)(C)C(=O)NC(C)C(=O)NC(C)(C)C(=O)NC(C)C(=O)Nc1ccc2c(c1)OCCOCCOCCOCCOCCO2. The molecular weight excluding hydrogens is 1610 g/mol. The summed E-state index contributed by atoms with van der Waals surface area (Å²) in [7, 11) is 0. The van der Waals surface area contributed by atoms with Crippen molar-refractivity contribution < 1.29 is 119 Å². The monoisotopic (exact) mass is 1750 g/mol. The van der Waals surface area contributed by atoms with Crippen molar-refractivity contribution in [3.05, 3.63) is 18.2 Å². The van der Waals surface area contributed by atoms with Crippen LogP contribution < -0.4 is 105 Å². The van der Waals surface area contributed by atoms with Gasteiger partial charge in [0.1, 0.15) is 118 Å². The third kappa shape index (κ3) is 36.5. The number of ether oxygens (including phenoxy) is 7. The molecule has 43 nitrogen and oxygen atoms in total. The number of benzene rings is 1. The highest BCUT2D eigenvalue weighted by atomic mass is 16.6. The van der Waals surface area contributed by atoms with E-state index in [0.717, 1.165) is 0 Å². The maximum atomic E-state index is 13.6. The first kappa shape index (κ1) is 108. The highest BCUT2D eigenvalue weighted by Gasteiger charge is 2.44. The van der Waals surface area contributed by atoms with Crippen LogP contribution in [0.3, 0.4) is 0 Å². The first-order valence-electron chi connectivity index (χ1n) is 40.3. The normalized spacial score (nSPS) is 15.9. The number of amides is 18. The third-order valence-corrected chi connectivity index (χ3v) is 18.4. The van der Waals surface area contributed by atoms with Gasteiger partial charge in [0.2, 0.25) is 100 Å². The molecule has 43 heteroatoms. The zero-order chi connectivity index (χ0) is 94.7. The number of carbonyl (C=O) groups excluding carboxylic acids is 18. The lowest BCUT2D eigenvalue weighted by Crippen LogP contribution is -2.65. The molecule has 1 heterocycles. The van der Waals surface area contributed by atoms with Crippen LogP contribution in [0.2, 0.25) is 0 Å². The van der Waals surface area contributed by atoms with Crippen LogP contribution in [-0.2, 0) is 105 Å². The van der Waals surface area contributed by atoms with Crippen LogP contribution in [0.25, 0.3) is 0 Å². The van der Waals surface area contributed by atoms with Gasteiger partial charge in [0, 0.05) is 11.8 Å². The van der Waals surface area contributed by atoms with Gasteiger partial charge in [-0.15, -0.1) is 0 Å². The number of hydrogen-bond acceptors (Lipinski definition) is 25. The van der Waals surface area contributed by atoms with Crippen LogP contribution in [0.1, 0.15) is 194 Å². The lowest BCUT2D eigenvalue weighted by atomic mass is 10.0. The van der Waals surface area contributed by atoms with Gasteiger partial charge in [0.05, 0.1) is 52.9 Å². The van der Waals surface area contributed by atoms with Gasteiger partial charge in [-0.05, 0) is 206 Å². The van der Waals surface area contributed by atoms with Crippen molar-refractivity contribution in [1.29, 1.82) is 0 Å². The molecule has 1 aromatic rings. The zero-order valence-electron chi connectivity index (χ0n) is 76.2. The summed E-state index contributed by atoms with van der Waals surface area (Å²) in [6, 6.07) is -6.80. The van der Waals surface area contributed by atoms with Crippen molar-refractivity contribution in [2.75, 3.05) is 71.4 Å². The number of rotatable bonds is 35. The fourth-order valence-corrected chi connectivity index (χ4v) is 10.1. The summed E-state index contributed by atoms with van der Waals surface area (Å²) in [5, 5.41) is 44.9. The first-order valence-corrected chi connectivity index (χ1v) is 40.3. The number of carbonyl (C=O) groups is 18.